The molecule has 35 heavy (non-hydrogen) atoms. The number of urea groups is 1. The Bertz CT molecular complexity index is 1420. The standard InChI is InChI=1S/C28H24N4O3/c1-18-24(27(33)31-23-13-7-8-16-29-23)26(32-28(34)30-18)25-21-12-6-5-11-20(21)14-15-22(25)35-17-19-9-3-2-4-10-19/h2-16,26H,17H2,1H3,(H,29,31,33)(H2,30,32,34). The summed E-state index contributed by atoms with van der Waals surface area (Å²) in [5.41, 5.74) is 2.59. The molecule has 3 N–H and O–H groups in total. The van der Waals surface area contributed by atoms with Crippen molar-refractivity contribution in [2.75, 3.05) is 5.32 Å². The van der Waals surface area contributed by atoms with Crippen LogP contribution in [-0.4, -0.2) is 16.9 Å². The number of carbonyl (C=O) groups excluding carboxylic acids is 2. The van der Waals surface area contributed by atoms with Crippen molar-refractivity contribution in [1.82, 2.24) is 15.6 Å². The number of ether oxygens (including phenoxy) is 1. The number of benzene rings is 3. The van der Waals surface area contributed by atoms with E-state index in [0.29, 0.717) is 29.4 Å². The van der Waals surface area contributed by atoms with Gasteiger partial charge in [0.25, 0.3) is 5.91 Å². The Kier molecular flexibility index (Phi) is 6.13. The smallest absolute Gasteiger partial charge is 0.319 e. The van der Waals surface area contributed by atoms with Gasteiger partial charge in [-0.05, 0) is 41.5 Å². The lowest BCUT2D eigenvalue weighted by atomic mass is 9.90. The Morgan fingerprint density at radius 2 is 1.74 bits per heavy atom. The van der Waals surface area contributed by atoms with Gasteiger partial charge in [0.05, 0.1) is 11.6 Å². The molecule has 0 fully saturated rings. The number of rotatable bonds is 6. The molecular weight excluding hydrogens is 440 g/mol. The molecule has 1 aliphatic rings. The van der Waals surface area contributed by atoms with Crippen molar-refractivity contribution >= 4 is 28.5 Å². The molecular formula is C28H24N4O3. The minimum atomic E-state index is -0.732. The SMILES string of the molecule is CC1=C(C(=O)Nc2ccccn2)C(c2c(OCc3ccccc3)ccc3ccccc23)NC(=O)N1. The molecule has 0 radical (unpaired) electrons. The molecule has 1 aliphatic heterocycles. The van der Waals surface area contributed by atoms with E-state index in [9.17, 15) is 9.59 Å². The molecule has 1 atom stereocenters. The zero-order valence-corrected chi connectivity index (χ0v) is 19.1. The van der Waals surface area contributed by atoms with E-state index in [4.69, 9.17) is 4.74 Å². The summed E-state index contributed by atoms with van der Waals surface area (Å²) in [4.78, 5) is 30.2. The largest absolute Gasteiger partial charge is 0.489 e. The van der Waals surface area contributed by atoms with Crippen molar-refractivity contribution in [2.24, 2.45) is 0 Å². The lowest BCUT2D eigenvalue weighted by Crippen LogP contribution is -2.46. The Morgan fingerprint density at radius 3 is 2.54 bits per heavy atom. The van der Waals surface area contributed by atoms with E-state index in [1.807, 2.05) is 66.7 Å². The number of anilines is 1. The summed E-state index contributed by atoms with van der Waals surface area (Å²) in [6, 6.07) is 25.7. The van der Waals surface area contributed by atoms with E-state index in [1.165, 1.54) is 0 Å². The first kappa shape index (κ1) is 22.2. The molecule has 0 spiro atoms. The van der Waals surface area contributed by atoms with Crippen LogP contribution in [0.2, 0.25) is 0 Å². The van der Waals surface area contributed by atoms with Gasteiger partial charge in [0.15, 0.2) is 0 Å². The van der Waals surface area contributed by atoms with Crippen LogP contribution >= 0.6 is 0 Å². The highest BCUT2D eigenvalue weighted by Gasteiger charge is 2.34. The molecule has 4 aromatic rings. The predicted molar refractivity (Wildman–Crippen MR) is 135 cm³/mol. The molecule has 2 heterocycles. The van der Waals surface area contributed by atoms with Crippen molar-refractivity contribution in [2.45, 2.75) is 19.6 Å². The quantitative estimate of drug-likeness (QED) is 0.371. The fraction of sp³-hybridized carbons (Fsp3) is 0.107. The number of aromatic nitrogens is 1. The first-order valence-electron chi connectivity index (χ1n) is 11.3. The van der Waals surface area contributed by atoms with Crippen molar-refractivity contribution in [3.63, 3.8) is 0 Å². The fourth-order valence-electron chi connectivity index (χ4n) is 4.27. The fourth-order valence-corrected chi connectivity index (χ4v) is 4.27. The summed E-state index contributed by atoms with van der Waals surface area (Å²) in [6.45, 7) is 2.07. The average molecular weight is 465 g/mol. The summed E-state index contributed by atoms with van der Waals surface area (Å²) in [5.74, 6) is 0.656. The molecule has 7 nitrogen and oxygen atoms in total. The third-order valence-electron chi connectivity index (χ3n) is 5.88. The molecule has 7 heteroatoms. The topological polar surface area (TPSA) is 92.3 Å². The van der Waals surface area contributed by atoms with E-state index < -0.39 is 6.04 Å². The number of nitrogens with one attached hydrogen (secondary N) is 3. The molecule has 1 unspecified atom stereocenters. The van der Waals surface area contributed by atoms with E-state index in [1.54, 1.807) is 31.3 Å². The number of hydrogen-bond acceptors (Lipinski definition) is 4. The summed E-state index contributed by atoms with van der Waals surface area (Å²) >= 11 is 0. The molecule has 3 amide bonds. The maximum absolute atomic E-state index is 13.5. The lowest BCUT2D eigenvalue weighted by Gasteiger charge is -2.30. The Morgan fingerprint density at radius 1 is 0.971 bits per heavy atom. The molecule has 0 aliphatic carbocycles. The summed E-state index contributed by atoms with van der Waals surface area (Å²) in [6.07, 6.45) is 1.61. The van der Waals surface area contributed by atoms with Gasteiger partial charge >= 0.3 is 6.03 Å². The highest BCUT2D eigenvalue weighted by atomic mass is 16.5. The van der Waals surface area contributed by atoms with E-state index in [-0.39, 0.29) is 11.9 Å². The molecule has 174 valence electrons. The zero-order chi connectivity index (χ0) is 24.2. The number of carbonyl (C=O) groups is 2. The zero-order valence-electron chi connectivity index (χ0n) is 19.1. The van der Waals surface area contributed by atoms with Crippen molar-refractivity contribution in [1.29, 1.82) is 0 Å². The molecule has 3 aromatic carbocycles. The monoisotopic (exact) mass is 464 g/mol. The molecule has 0 saturated carbocycles. The number of nitrogens with zero attached hydrogens (tertiary/aromatic N) is 1. The second-order valence-corrected chi connectivity index (χ2v) is 8.21. The van der Waals surface area contributed by atoms with Crippen molar-refractivity contribution < 1.29 is 14.3 Å². The van der Waals surface area contributed by atoms with Gasteiger partial charge in [0.1, 0.15) is 18.2 Å². The van der Waals surface area contributed by atoms with Crippen molar-refractivity contribution in [3.8, 4) is 5.75 Å². The average Bonchev–Trinajstić information content (AvgIpc) is 2.87. The van der Waals surface area contributed by atoms with Crippen LogP contribution in [0, 0.1) is 0 Å². The first-order chi connectivity index (χ1) is 17.1. The number of amides is 3. The van der Waals surface area contributed by atoms with Crippen LogP contribution in [0.25, 0.3) is 10.8 Å². The number of fused-ring (bicyclic) bond motifs is 1. The second-order valence-electron chi connectivity index (χ2n) is 8.21. The van der Waals surface area contributed by atoms with Gasteiger partial charge in [-0.3, -0.25) is 4.79 Å². The normalized spacial score (nSPS) is 15.3. The third kappa shape index (κ3) is 4.70. The Hall–Kier alpha value is -4.65. The molecule has 5 rings (SSSR count). The minimum absolute atomic E-state index is 0.350. The number of allylic oxidation sites excluding steroid dienone is 1. The second kappa shape index (κ2) is 9.69. The van der Waals surface area contributed by atoms with Gasteiger partial charge in [0, 0.05) is 17.5 Å². The minimum Gasteiger partial charge on any atom is -0.489 e. The maximum atomic E-state index is 13.5. The van der Waals surface area contributed by atoms with Gasteiger partial charge in [-0.25, -0.2) is 9.78 Å². The Balaban J connectivity index is 1.59. The van der Waals surface area contributed by atoms with Gasteiger partial charge in [0.2, 0.25) is 0 Å². The first-order valence-corrected chi connectivity index (χ1v) is 11.3. The maximum Gasteiger partial charge on any atom is 0.319 e. The van der Waals surface area contributed by atoms with E-state index >= 15 is 0 Å². The van der Waals surface area contributed by atoms with Gasteiger partial charge in [-0.2, -0.15) is 0 Å². The van der Waals surface area contributed by atoms with Crippen LogP contribution < -0.4 is 20.7 Å². The number of hydrogen-bond donors (Lipinski definition) is 3. The van der Waals surface area contributed by atoms with Gasteiger partial charge in [-0.1, -0.05) is 66.7 Å². The van der Waals surface area contributed by atoms with Gasteiger partial charge in [-0.15, -0.1) is 0 Å². The van der Waals surface area contributed by atoms with Crippen LogP contribution in [0.15, 0.2) is 102 Å². The molecule has 0 saturated heterocycles. The van der Waals surface area contributed by atoms with Crippen LogP contribution in [0.5, 0.6) is 5.75 Å². The van der Waals surface area contributed by atoms with E-state index in [2.05, 4.69) is 20.9 Å². The highest BCUT2D eigenvalue weighted by Crippen LogP contribution is 2.39. The van der Waals surface area contributed by atoms with Crippen LogP contribution in [0.4, 0.5) is 10.6 Å². The summed E-state index contributed by atoms with van der Waals surface area (Å²) in [5, 5.41) is 10.4. The van der Waals surface area contributed by atoms with Crippen LogP contribution in [0.3, 0.4) is 0 Å². The predicted octanol–water partition coefficient (Wildman–Crippen LogP) is 5.08. The van der Waals surface area contributed by atoms with Crippen LogP contribution in [-0.2, 0) is 11.4 Å². The summed E-state index contributed by atoms with van der Waals surface area (Å²) < 4.78 is 6.26. The Labute approximate surface area is 202 Å². The van der Waals surface area contributed by atoms with Crippen LogP contribution in [0.1, 0.15) is 24.1 Å². The molecule has 1 aromatic heterocycles. The summed E-state index contributed by atoms with van der Waals surface area (Å²) in [7, 11) is 0. The number of pyridine rings is 1. The lowest BCUT2D eigenvalue weighted by molar-refractivity contribution is -0.113. The highest BCUT2D eigenvalue weighted by molar-refractivity contribution is 6.07. The molecule has 0 bridgehead atoms. The van der Waals surface area contributed by atoms with Crippen molar-refractivity contribution in [3.05, 3.63) is 114 Å². The van der Waals surface area contributed by atoms with E-state index in [0.717, 1.165) is 21.9 Å². The van der Waals surface area contributed by atoms with Gasteiger partial charge < -0.3 is 20.7 Å². The third-order valence-corrected chi connectivity index (χ3v) is 5.88.